The summed E-state index contributed by atoms with van der Waals surface area (Å²) in [7, 11) is 3.04. The summed E-state index contributed by atoms with van der Waals surface area (Å²) in [6.45, 7) is 2.48. The minimum absolute atomic E-state index is 0.263. The zero-order valence-corrected chi connectivity index (χ0v) is 23.1. The number of carbonyl (C=O) groups is 3. The summed E-state index contributed by atoms with van der Waals surface area (Å²) in [6.07, 6.45) is 1.46. The molecule has 40 heavy (non-hydrogen) atoms. The summed E-state index contributed by atoms with van der Waals surface area (Å²) in [6, 6.07) is 15.8. The number of nitrogens with zero attached hydrogens (tertiary/aromatic N) is 1. The Bertz CT molecular complexity index is 1640. The van der Waals surface area contributed by atoms with Crippen LogP contribution in [0, 0.1) is 12.8 Å². The normalized spacial score (nSPS) is 27.9. The van der Waals surface area contributed by atoms with Crippen molar-refractivity contribution in [3.8, 4) is 11.5 Å². The van der Waals surface area contributed by atoms with E-state index >= 15 is 4.79 Å². The number of aryl methyl sites for hydroxylation is 1. The lowest BCUT2D eigenvalue weighted by Gasteiger charge is -2.38. The van der Waals surface area contributed by atoms with E-state index in [0.29, 0.717) is 52.0 Å². The van der Waals surface area contributed by atoms with E-state index in [9.17, 15) is 9.59 Å². The quantitative estimate of drug-likeness (QED) is 0.452. The van der Waals surface area contributed by atoms with Crippen molar-refractivity contribution in [3.05, 3.63) is 81.9 Å². The fraction of sp³-hybridized carbons (Fsp3) is 0.323. The van der Waals surface area contributed by atoms with Crippen molar-refractivity contribution in [2.45, 2.75) is 36.8 Å². The van der Waals surface area contributed by atoms with Gasteiger partial charge >= 0.3 is 0 Å². The van der Waals surface area contributed by atoms with Crippen molar-refractivity contribution in [1.82, 2.24) is 4.90 Å². The van der Waals surface area contributed by atoms with Crippen molar-refractivity contribution in [2.24, 2.45) is 5.92 Å². The van der Waals surface area contributed by atoms with Crippen molar-refractivity contribution in [3.63, 3.8) is 0 Å². The molecule has 9 heteroatoms. The van der Waals surface area contributed by atoms with E-state index in [-0.39, 0.29) is 23.6 Å². The predicted molar refractivity (Wildman–Crippen MR) is 150 cm³/mol. The molecule has 204 valence electrons. The number of carbonyl (C=O) groups excluding carboxylic acids is 3. The monoisotopic (exact) mass is 557 g/mol. The van der Waals surface area contributed by atoms with Gasteiger partial charge < -0.3 is 20.1 Å². The Morgan fingerprint density at radius 2 is 1.75 bits per heavy atom. The molecule has 2 N–H and O–H groups in total. The number of ether oxygens (including phenoxy) is 2. The zero-order valence-electron chi connectivity index (χ0n) is 22.3. The maximum atomic E-state index is 15.0. The molecule has 4 aliphatic rings. The molecule has 4 atom stereocenters. The van der Waals surface area contributed by atoms with Crippen molar-refractivity contribution < 1.29 is 23.9 Å². The number of nitrogens with one attached hydrogen (secondary N) is 2. The number of para-hydroxylation sites is 1. The molecule has 4 aliphatic heterocycles. The Hall–Kier alpha value is -3.88. The van der Waals surface area contributed by atoms with Crippen LogP contribution in [0.15, 0.2) is 54.6 Å². The third-order valence-corrected chi connectivity index (χ3v) is 9.56. The first-order valence-electron chi connectivity index (χ1n) is 13.4. The van der Waals surface area contributed by atoms with Gasteiger partial charge in [0.1, 0.15) is 11.0 Å². The van der Waals surface area contributed by atoms with E-state index in [4.69, 9.17) is 21.1 Å². The van der Waals surface area contributed by atoms with Gasteiger partial charge in [0.25, 0.3) is 0 Å². The maximum absolute atomic E-state index is 15.0. The van der Waals surface area contributed by atoms with Gasteiger partial charge in [-0.05, 0) is 67.8 Å². The van der Waals surface area contributed by atoms with Gasteiger partial charge in [-0.1, -0.05) is 35.9 Å². The molecule has 2 fully saturated rings. The molecule has 3 aromatic rings. The third kappa shape index (κ3) is 2.87. The Kier molecular flexibility index (Phi) is 5.37. The van der Waals surface area contributed by atoms with E-state index < -0.39 is 16.9 Å². The van der Waals surface area contributed by atoms with Crippen LogP contribution in [0.5, 0.6) is 11.5 Å². The van der Waals surface area contributed by atoms with Crippen LogP contribution >= 0.6 is 11.6 Å². The van der Waals surface area contributed by atoms with Crippen molar-refractivity contribution in [2.75, 3.05) is 31.4 Å². The van der Waals surface area contributed by atoms with E-state index in [1.165, 1.54) is 14.2 Å². The van der Waals surface area contributed by atoms with Crippen LogP contribution in [0.25, 0.3) is 0 Å². The van der Waals surface area contributed by atoms with E-state index in [2.05, 4.69) is 15.5 Å². The summed E-state index contributed by atoms with van der Waals surface area (Å²) >= 11 is 6.70. The fourth-order valence-electron chi connectivity index (χ4n) is 7.89. The molecule has 0 aromatic heterocycles. The smallest absolute Gasteiger partial charge is 0.250 e. The number of benzene rings is 3. The van der Waals surface area contributed by atoms with Crippen LogP contribution in [0.2, 0.25) is 5.02 Å². The molecule has 0 bridgehead atoms. The summed E-state index contributed by atoms with van der Waals surface area (Å²) in [5.74, 6) is -1.13. The Morgan fingerprint density at radius 1 is 0.975 bits per heavy atom. The number of halogens is 1. The highest BCUT2D eigenvalue weighted by atomic mass is 35.5. The first-order valence-corrected chi connectivity index (χ1v) is 13.7. The molecule has 2 spiro atoms. The molecule has 8 nitrogen and oxygen atoms in total. The molecule has 0 aliphatic carbocycles. The number of rotatable bonds is 4. The lowest BCUT2D eigenvalue weighted by atomic mass is 9.60. The Morgan fingerprint density at radius 3 is 2.52 bits per heavy atom. The van der Waals surface area contributed by atoms with Crippen LogP contribution in [-0.4, -0.2) is 49.3 Å². The molecule has 3 aromatic carbocycles. The van der Waals surface area contributed by atoms with Gasteiger partial charge in [0.05, 0.1) is 30.8 Å². The highest BCUT2D eigenvalue weighted by Gasteiger charge is 2.79. The van der Waals surface area contributed by atoms with Gasteiger partial charge in [-0.25, -0.2) is 0 Å². The minimum Gasteiger partial charge on any atom is -0.493 e. The van der Waals surface area contributed by atoms with Gasteiger partial charge in [0.2, 0.25) is 11.8 Å². The van der Waals surface area contributed by atoms with Gasteiger partial charge in [0.15, 0.2) is 17.3 Å². The van der Waals surface area contributed by atoms with Crippen LogP contribution in [-0.2, 0) is 20.5 Å². The average Bonchev–Trinajstić information content (AvgIpc) is 3.67. The minimum atomic E-state index is -1.44. The number of Topliss-reactive ketones (excluding diaryl/α,β-unsaturated/α-hetero) is 1. The number of hydrogen-bond donors (Lipinski definition) is 2. The van der Waals surface area contributed by atoms with Gasteiger partial charge in [0, 0.05) is 22.9 Å². The lowest BCUT2D eigenvalue weighted by Crippen LogP contribution is -2.55. The number of methoxy groups -OCH3 is 2. The molecular weight excluding hydrogens is 530 g/mol. The highest BCUT2D eigenvalue weighted by molar-refractivity contribution is 6.35. The third-order valence-electron chi connectivity index (χ3n) is 9.26. The molecule has 2 saturated heterocycles. The molecule has 0 radical (unpaired) electrons. The second kappa shape index (κ2) is 8.56. The first kappa shape index (κ1) is 25.1. The van der Waals surface area contributed by atoms with Crippen LogP contribution in [0.3, 0.4) is 0 Å². The molecule has 4 heterocycles. The number of anilines is 2. The van der Waals surface area contributed by atoms with E-state index in [1.807, 2.05) is 37.3 Å². The Balaban J connectivity index is 1.57. The Labute approximate surface area is 236 Å². The van der Waals surface area contributed by atoms with Crippen LogP contribution < -0.4 is 20.1 Å². The summed E-state index contributed by atoms with van der Waals surface area (Å²) in [5.41, 5.74) is 1.01. The standard InChI is InChI=1S/C31H28ClN3O5/c1-16-13-19-25(20(32)14-16)34-29(38)31(19)27(26(36)17-10-11-22(39-2)23(15-17)40-3)30(24-9-6-12-35(24)31)18-7-4-5-8-21(18)33-28(30)37/h4-5,7-8,10-11,13-15,24,27H,6,9,12H2,1-3H3,(H,33,37)(H,34,38)/t24-,27+,30-,31-/m1/s1. The lowest BCUT2D eigenvalue weighted by molar-refractivity contribution is -0.128. The van der Waals surface area contributed by atoms with Crippen molar-refractivity contribution in [1.29, 1.82) is 0 Å². The molecule has 2 amide bonds. The first-order chi connectivity index (χ1) is 19.3. The number of ketones is 1. The highest BCUT2D eigenvalue weighted by Crippen LogP contribution is 2.66. The van der Waals surface area contributed by atoms with E-state index in [1.54, 1.807) is 24.3 Å². The molecule has 0 saturated carbocycles. The number of fused-ring (bicyclic) bond motifs is 7. The van der Waals surface area contributed by atoms with Gasteiger partial charge in [-0.3, -0.25) is 19.3 Å². The SMILES string of the molecule is COc1ccc(C(=O)[C@H]2[C@]3(C(=O)Nc4ccccc43)[C@H]3CCCN3[C@@]23C(=O)Nc2c(Cl)cc(C)cc23)cc1OC. The average molecular weight is 558 g/mol. The van der Waals surface area contributed by atoms with Gasteiger partial charge in [-0.2, -0.15) is 0 Å². The topological polar surface area (TPSA) is 97.0 Å². The number of hydrogen-bond acceptors (Lipinski definition) is 6. The zero-order chi connectivity index (χ0) is 28.0. The molecule has 7 rings (SSSR count). The second-order valence-electron chi connectivity index (χ2n) is 11.0. The number of amides is 2. The molecule has 0 unspecified atom stereocenters. The van der Waals surface area contributed by atoms with Crippen LogP contribution in [0.1, 0.15) is 39.9 Å². The summed E-state index contributed by atoms with van der Waals surface area (Å²) < 4.78 is 10.9. The van der Waals surface area contributed by atoms with Gasteiger partial charge in [-0.15, -0.1) is 0 Å². The second-order valence-corrected chi connectivity index (χ2v) is 11.4. The maximum Gasteiger partial charge on any atom is 0.250 e. The fourth-order valence-corrected chi connectivity index (χ4v) is 8.21. The predicted octanol–water partition coefficient (Wildman–Crippen LogP) is 4.68. The van der Waals surface area contributed by atoms with Crippen molar-refractivity contribution >= 4 is 40.6 Å². The van der Waals surface area contributed by atoms with Crippen LogP contribution in [0.4, 0.5) is 11.4 Å². The summed E-state index contributed by atoms with van der Waals surface area (Å²) in [4.78, 5) is 46.0. The molecular formula is C31H28ClN3O5. The largest absolute Gasteiger partial charge is 0.493 e. The summed E-state index contributed by atoms with van der Waals surface area (Å²) in [5, 5.41) is 6.49. The van der Waals surface area contributed by atoms with E-state index in [0.717, 1.165) is 17.5 Å².